The number of rotatable bonds is 8. The Hall–Kier alpha value is -3.53. The molecule has 5 N–H and O–H groups in total. The Balaban J connectivity index is 0.00000195. The summed E-state index contributed by atoms with van der Waals surface area (Å²) < 4.78 is 1.89. The number of amides is 1. The lowest BCUT2D eigenvalue weighted by atomic mass is 9.86. The fourth-order valence-electron chi connectivity index (χ4n) is 5.03. The van der Waals surface area contributed by atoms with Crippen LogP contribution >= 0.6 is 0 Å². The van der Waals surface area contributed by atoms with Gasteiger partial charge >= 0.3 is 0 Å². The number of fused-ring (bicyclic) bond motifs is 1. The smallest absolute Gasteiger partial charge is 0.274 e. The van der Waals surface area contributed by atoms with Crippen molar-refractivity contribution in [3.63, 3.8) is 0 Å². The molecular formula is C29H40N6O3. The Bertz CT molecular complexity index is 1280. The lowest BCUT2D eigenvalue weighted by Crippen LogP contribution is -2.47. The number of nitrogens with two attached hydrogens (primary N) is 1. The van der Waals surface area contributed by atoms with Crippen molar-refractivity contribution >= 4 is 17.3 Å². The molecule has 0 radical (unpaired) electrons. The molecule has 38 heavy (non-hydrogen) atoms. The number of benzene rings is 1. The lowest BCUT2D eigenvalue weighted by molar-refractivity contribution is 0.0194. The van der Waals surface area contributed by atoms with Gasteiger partial charge in [0.2, 0.25) is 0 Å². The largest absolute Gasteiger partial charge is 0.405 e. The van der Waals surface area contributed by atoms with E-state index in [1.807, 2.05) is 35.8 Å². The van der Waals surface area contributed by atoms with Crippen LogP contribution in [0, 0.1) is 5.92 Å². The number of nitrogens with zero attached hydrogens (tertiary/aromatic N) is 4. The Morgan fingerprint density at radius 2 is 1.97 bits per heavy atom. The number of aliphatic hydroxyl groups is 2. The van der Waals surface area contributed by atoms with E-state index >= 15 is 0 Å². The van der Waals surface area contributed by atoms with Crippen molar-refractivity contribution in [2.24, 2.45) is 16.6 Å². The number of aliphatic hydroxyl groups excluding tert-OH is 2. The molecule has 1 fully saturated rings. The number of likely N-dealkylation sites (tertiary alicyclic amines) is 1. The zero-order valence-corrected chi connectivity index (χ0v) is 22.8. The van der Waals surface area contributed by atoms with E-state index in [0.29, 0.717) is 18.8 Å². The molecule has 3 heterocycles. The summed E-state index contributed by atoms with van der Waals surface area (Å²) in [6.45, 7) is 3.77. The van der Waals surface area contributed by atoms with Gasteiger partial charge in [0.25, 0.3) is 5.91 Å². The molecule has 0 aliphatic carbocycles. The topological polar surface area (TPSA) is 128 Å². The number of carbonyl (C=O) groups is 1. The van der Waals surface area contributed by atoms with Gasteiger partial charge in [-0.05, 0) is 67.3 Å². The number of aryl methyl sites for hydroxylation is 1. The number of hydrogen-bond acceptors (Lipinski definition) is 7. The summed E-state index contributed by atoms with van der Waals surface area (Å²) in [7, 11) is 4.66. The molecule has 0 spiro atoms. The predicted molar refractivity (Wildman–Crippen MR) is 151 cm³/mol. The van der Waals surface area contributed by atoms with Gasteiger partial charge in [0, 0.05) is 51.7 Å². The number of piperidine rings is 1. The van der Waals surface area contributed by atoms with Crippen LogP contribution in [0.25, 0.3) is 5.65 Å². The summed E-state index contributed by atoms with van der Waals surface area (Å²) in [6.07, 6.45) is 8.66. The molecule has 4 rings (SSSR count). The summed E-state index contributed by atoms with van der Waals surface area (Å²) in [4.78, 5) is 24.1. The quantitative estimate of drug-likeness (QED) is 0.337. The van der Waals surface area contributed by atoms with Crippen molar-refractivity contribution in [2.45, 2.75) is 38.8 Å². The molecule has 2 atom stereocenters. The third-order valence-corrected chi connectivity index (χ3v) is 6.99. The molecule has 1 amide bonds. The fourth-order valence-corrected chi connectivity index (χ4v) is 5.03. The molecule has 0 saturated carbocycles. The van der Waals surface area contributed by atoms with Crippen LogP contribution in [0.3, 0.4) is 0 Å². The predicted octanol–water partition coefficient (Wildman–Crippen LogP) is 2.18. The van der Waals surface area contributed by atoms with Crippen LogP contribution < -0.4 is 11.1 Å². The third-order valence-electron chi connectivity index (χ3n) is 6.99. The van der Waals surface area contributed by atoms with E-state index in [-0.39, 0.29) is 11.8 Å². The Morgan fingerprint density at radius 1 is 1.24 bits per heavy atom. The zero-order valence-electron chi connectivity index (χ0n) is 22.8. The number of aliphatic imine (C=N–C) groups is 1. The van der Waals surface area contributed by atoms with Gasteiger partial charge in [-0.1, -0.05) is 31.2 Å². The maximum absolute atomic E-state index is 13.4. The molecule has 1 aliphatic heterocycles. The van der Waals surface area contributed by atoms with Crippen molar-refractivity contribution in [1.82, 2.24) is 19.6 Å². The number of hydrogen-bond donors (Lipinski definition) is 4. The van der Waals surface area contributed by atoms with Gasteiger partial charge in [0.05, 0.1) is 11.8 Å². The molecule has 1 aromatic carbocycles. The zero-order chi connectivity index (χ0) is 27.7. The van der Waals surface area contributed by atoms with Crippen molar-refractivity contribution in [3.05, 3.63) is 82.9 Å². The summed E-state index contributed by atoms with van der Waals surface area (Å²) in [5, 5.41) is 21.2. The average Bonchev–Trinajstić information content (AvgIpc) is 3.38. The average molecular weight is 521 g/mol. The number of imidazole rings is 1. The Labute approximate surface area is 224 Å². The van der Waals surface area contributed by atoms with E-state index in [1.165, 1.54) is 17.3 Å². The highest BCUT2D eigenvalue weighted by Gasteiger charge is 2.32. The minimum atomic E-state index is -0.577. The van der Waals surface area contributed by atoms with E-state index in [0.717, 1.165) is 55.4 Å². The van der Waals surface area contributed by atoms with Crippen LogP contribution in [0.4, 0.5) is 0 Å². The minimum Gasteiger partial charge on any atom is -0.405 e. The first-order valence-electron chi connectivity index (χ1n) is 13.0. The summed E-state index contributed by atoms with van der Waals surface area (Å²) in [5.41, 5.74) is 11.9. The molecule has 1 saturated heterocycles. The molecule has 1 aliphatic rings. The van der Waals surface area contributed by atoms with Gasteiger partial charge in [0.15, 0.2) is 0 Å². The number of aromatic nitrogens is 2. The molecule has 9 nitrogen and oxygen atoms in total. The first kappa shape index (κ1) is 29.0. The maximum atomic E-state index is 13.4. The molecule has 1 unspecified atom stereocenters. The molecule has 9 heteroatoms. The van der Waals surface area contributed by atoms with Crippen molar-refractivity contribution in [1.29, 1.82) is 0 Å². The molecule has 2 aromatic heterocycles. The molecule has 3 aromatic rings. The third kappa shape index (κ3) is 6.48. The molecule has 204 valence electrons. The van der Waals surface area contributed by atoms with Crippen LogP contribution in [-0.2, 0) is 19.4 Å². The fraction of sp³-hybridized carbons (Fsp3) is 0.414. The summed E-state index contributed by atoms with van der Waals surface area (Å²) in [6, 6.07) is 10.4. The monoisotopic (exact) mass is 520 g/mol. The first-order valence-corrected chi connectivity index (χ1v) is 13.0. The standard InChI is InChI=1S/C28H36N6O2.CH4O/c1-4-19-13-23(24(31-3)9-11-29)16-34-17-25(32-27(19)34)28(36)33-12-10-21(26(35)18-33)14-20-7-5-6-8-22(20)15-30-2;1-2/h5-9,11,13,16-17,21,26,30,35H,4,10,12,14-15,18,29H2,1-3H3;2H,1H3/b11-9-,31-24?;/t21?,26-;/m1./s1. The number of nitrogens with one attached hydrogen (secondary N) is 1. The van der Waals surface area contributed by atoms with E-state index in [9.17, 15) is 9.90 Å². The summed E-state index contributed by atoms with van der Waals surface area (Å²) in [5.74, 6) is -0.0358. The second-order valence-corrected chi connectivity index (χ2v) is 9.30. The summed E-state index contributed by atoms with van der Waals surface area (Å²) >= 11 is 0. The van der Waals surface area contributed by atoms with Gasteiger partial charge in [-0.3, -0.25) is 9.79 Å². The van der Waals surface area contributed by atoms with Crippen LogP contribution in [0.1, 0.15) is 46.1 Å². The van der Waals surface area contributed by atoms with E-state index in [4.69, 9.17) is 10.8 Å². The van der Waals surface area contributed by atoms with Gasteiger partial charge in [-0.25, -0.2) is 4.98 Å². The minimum absolute atomic E-state index is 0.115. The van der Waals surface area contributed by atoms with Crippen LogP contribution in [-0.4, -0.2) is 76.5 Å². The molecular weight excluding hydrogens is 480 g/mol. The first-order chi connectivity index (χ1) is 18.5. The second-order valence-electron chi connectivity index (χ2n) is 9.30. The number of pyridine rings is 1. The normalized spacial score (nSPS) is 18.1. The number of carbonyl (C=O) groups excluding carboxylic acids is 1. The number of allylic oxidation sites excluding steroid dienone is 1. The highest BCUT2D eigenvalue weighted by Crippen LogP contribution is 2.25. The van der Waals surface area contributed by atoms with Gasteiger partial charge in [-0.15, -0.1) is 0 Å². The molecule has 0 bridgehead atoms. The van der Waals surface area contributed by atoms with Crippen molar-refractivity contribution in [3.8, 4) is 0 Å². The number of β-amino-alcohol motifs (C(OH)–C–C–N with tert-alkyl or cyclic N) is 1. The van der Waals surface area contributed by atoms with Crippen molar-refractivity contribution < 1.29 is 15.0 Å². The van der Waals surface area contributed by atoms with E-state index in [2.05, 4.69) is 34.3 Å². The van der Waals surface area contributed by atoms with Crippen LogP contribution in [0.5, 0.6) is 0 Å². The van der Waals surface area contributed by atoms with Gasteiger partial charge in [0.1, 0.15) is 11.3 Å². The van der Waals surface area contributed by atoms with Crippen molar-refractivity contribution in [2.75, 3.05) is 34.3 Å². The van der Waals surface area contributed by atoms with E-state index < -0.39 is 6.10 Å². The van der Waals surface area contributed by atoms with Crippen LogP contribution in [0.15, 0.2) is 60.0 Å². The highest BCUT2D eigenvalue weighted by molar-refractivity contribution is 6.08. The highest BCUT2D eigenvalue weighted by atomic mass is 16.3. The lowest BCUT2D eigenvalue weighted by Gasteiger charge is -2.36. The Kier molecular flexibility index (Phi) is 10.6. The van der Waals surface area contributed by atoms with E-state index in [1.54, 1.807) is 24.2 Å². The SMILES string of the molecule is CCc1cc(C(/C=C\N)=NC)cn2cc(C(=O)N3CCC(Cc4ccccc4CNC)[C@H](O)C3)nc12.CO. The van der Waals surface area contributed by atoms with Crippen LogP contribution in [0.2, 0.25) is 0 Å². The maximum Gasteiger partial charge on any atom is 0.274 e. The Morgan fingerprint density at radius 3 is 2.61 bits per heavy atom. The van der Waals surface area contributed by atoms with Gasteiger partial charge < -0.3 is 30.6 Å². The van der Waals surface area contributed by atoms with Gasteiger partial charge in [-0.2, -0.15) is 0 Å². The second kappa shape index (κ2) is 13.9.